The fraction of sp³-hybridized carbons (Fsp3) is 0. The van der Waals surface area contributed by atoms with Crippen molar-refractivity contribution in [3.8, 4) is 17.2 Å². The number of benzene rings is 5. The second-order valence-corrected chi connectivity index (χ2v) is 6.64. The standard InChI is InChI=1S/C25H15N/c1-16(15-26)17-5-7-18(8-6-17)22-13-11-21-10-9-19-3-2-4-20-12-14-23(22)25(21)24(19)20/h2-14H,1H2. The van der Waals surface area contributed by atoms with Gasteiger partial charge in [0.2, 0.25) is 0 Å². The van der Waals surface area contributed by atoms with Gasteiger partial charge in [-0.25, -0.2) is 0 Å². The first-order chi connectivity index (χ1) is 12.8. The van der Waals surface area contributed by atoms with Gasteiger partial charge in [-0.1, -0.05) is 85.4 Å². The number of hydrogen-bond donors (Lipinski definition) is 0. The number of nitriles is 1. The van der Waals surface area contributed by atoms with Crippen LogP contribution in [0.2, 0.25) is 0 Å². The number of nitrogens with zero attached hydrogens (tertiary/aromatic N) is 1. The first-order valence-corrected chi connectivity index (χ1v) is 8.62. The molecule has 0 fully saturated rings. The van der Waals surface area contributed by atoms with Crippen LogP contribution < -0.4 is 0 Å². The van der Waals surface area contributed by atoms with Crippen LogP contribution in [0, 0.1) is 11.3 Å². The van der Waals surface area contributed by atoms with Gasteiger partial charge in [0, 0.05) is 0 Å². The largest absolute Gasteiger partial charge is 0.192 e. The molecular weight excluding hydrogens is 314 g/mol. The molecule has 0 spiro atoms. The summed E-state index contributed by atoms with van der Waals surface area (Å²) in [5.74, 6) is 0. The van der Waals surface area contributed by atoms with Crippen molar-refractivity contribution in [3.63, 3.8) is 0 Å². The van der Waals surface area contributed by atoms with Gasteiger partial charge in [0.05, 0.1) is 11.6 Å². The van der Waals surface area contributed by atoms with Crippen LogP contribution in [0.5, 0.6) is 0 Å². The van der Waals surface area contributed by atoms with E-state index in [9.17, 15) is 0 Å². The zero-order chi connectivity index (χ0) is 17.7. The fourth-order valence-corrected chi connectivity index (χ4v) is 3.90. The van der Waals surface area contributed by atoms with Crippen LogP contribution in [0.15, 0.2) is 85.4 Å². The zero-order valence-corrected chi connectivity index (χ0v) is 14.2. The monoisotopic (exact) mass is 329 g/mol. The lowest BCUT2D eigenvalue weighted by Gasteiger charge is -2.14. The van der Waals surface area contributed by atoms with Gasteiger partial charge < -0.3 is 0 Å². The minimum atomic E-state index is 0.493. The summed E-state index contributed by atoms with van der Waals surface area (Å²) in [7, 11) is 0. The van der Waals surface area contributed by atoms with Crippen molar-refractivity contribution in [3.05, 3.63) is 91.0 Å². The predicted octanol–water partition coefficient (Wildman–Crippen LogP) is 6.79. The van der Waals surface area contributed by atoms with Crippen molar-refractivity contribution in [2.75, 3.05) is 0 Å². The Kier molecular flexibility index (Phi) is 3.07. The maximum Gasteiger partial charge on any atom is 0.0991 e. The van der Waals surface area contributed by atoms with Crippen molar-refractivity contribution in [1.82, 2.24) is 0 Å². The molecule has 0 aliphatic carbocycles. The highest BCUT2D eigenvalue weighted by molar-refractivity contribution is 6.25. The SMILES string of the molecule is C=C(C#N)c1ccc(-c2ccc3ccc4cccc5ccc2c3c45)cc1. The Balaban J connectivity index is 1.81. The molecule has 0 saturated heterocycles. The van der Waals surface area contributed by atoms with Gasteiger partial charge in [-0.3, -0.25) is 0 Å². The minimum absolute atomic E-state index is 0.493. The van der Waals surface area contributed by atoms with Crippen LogP contribution in [0.4, 0.5) is 0 Å². The highest BCUT2D eigenvalue weighted by atomic mass is 14.2. The average Bonchev–Trinajstić information content (AvgIpc) is 2.71. The Morgan fingerprint density at radius 3 is 2.00 bits per heavy atom. The second kappa shape index (κ2) is 5.44. The van der Waals surface area contributed by atoms with Gasteiger partial charge in [-0.05, 0) is 49.0 Å². The van der Waals surface area contributed by atoms with Gasteiger partial charge in [0.25, 0.3) is 0 Å². The number of hydrogen-bond acceptors (Lipinski definition) is 1. The zero-order valence-electron chi connectivity index (χ0n) is 14.2. The van der Waals surface area contributed by atoms with E-state index in [1.807, 2.05) is 12.1 Å². The summed E-state index contributed by atoms with van der Waals surface area (Å²) in [6, 6.07) is 29.9. The predicted molar refractivity (Wildman–Crippen MR) is 110 cm³/mol. The lowest BCUT2D eigenvalue weighted by molar-refractivity contribution is 1.52. The van der Waals surface area contributed by atoms with Crippen molar-refractivity contribution < 1.29 is 0 Å². The van der Waals surface area contributed by atoms with Gasteiger partial charge >= 0.3 is 0 Å². The third kappa shape index (κ3) is 2.03. The second-order valence-electron chi connectivity index (χ2n) is 6.64. The summed E-state index contributed by atoms with van der Waals surface area (Å²) in [6.07, 6.45) is 0. The molecule has 5 rings (SSSR count). The van der Waals surface area contributed by atoms with E-state index in [1.54, 1.807) is 0 Å². The highest BCUT2D eigenvalue weighted by Crippen LogP contribution is 2.39. The van der Waals surface area contributed by atoms with Crippen LogP contribution in [-0.2, 0) is 0 Å². The Hall–Kier alpha value is -3.63. The van der Waals surface area contributed by atoms with E-state index in [0.29, 0.717) is 5.57 Å². The molecule has 0 saturated carbocycles. The number of allylic oxidation sites excluding steroid dienone is 1. The smallest absolute Gasteiger partial charge is 0.0991 e. The summed E-state index contributed by atoms with van der Waals surface area (Å²) < 4.78 is 0. The van der Waals surface area contributed by atoms with Crippen LogP contribution in [0.25, 0.3) is 49.0 Å². The van der Waals surface area contributed by atoms with Gasteiger partial charge in [0.15, 0.2) is 0 Å². The molecule has 0 unspecified atom stereocenters. The number of rotatable bonds is 2. The van der Waals surface area contributed by atoms with E-state index in [-0.39, 0.29) is 0 Å². The minimum Gasteiger partial charge on any atom is -0.192 e. The van der Waals surface area contributed by atoms with Crippen molar-refractivity contribution >= 4 is 37.9 Å². The molecule has 1 heteroatoms. The Morgan fingerprint density at radius 2 is 1.31 bits per heavy atom. The lowest BCUT2D eigenvalue weighted by Crippen LogP contribution is -1.87. The quantitative estimate of drug-likeness (QED) is 0.258. The molecule has 5 aromatic rings. The van der Waals surface area contributed by atoms with Crippen LogP contribution >= 0.6 is 0 Å². The summed E-state index contributed by atoms with van der Waals surface area (Å²) >= 11 is 0. The van der Waals surface area contributed by atoms with Crippen molar-refractivity contribution in [2.24, 2.45) is 0 Å². The molecule has 0 N–H and O–H groups in total. The van der Waals surface area contributed by atoms with E-state index >= 15 is 0 Å². The molecule has 0 aliphatic rings. The summed E-state index contributed by atoms with van der Waals surface area (Å²) in [5, 5.41) is 16.8. The van der Waals surface area contributed by atoms with Crippen LogP contribution in [0.3, 0.4) is 0 Å². The molecule has 0 radical (unpaired) electrons. The molecule has 1 nitrogen and oxygen atoms in total. The summed E-state index contributed by atoms with van der Waals surface area (Å²) in [6.45, 7) is 3.79. The topological polar surface area (TPSA) is 23.8 Å². The highest BCUT2D eigenvalue weighted by Gasteiger charge is 2.11. The summed E-state index contributed by atoms with van der Waals surface area (Å²) in [5.41, 5.74) is 3.73. The third-order valence-corrected chi connectivity index (χ3v) is 5.21. The Bertz CT molecular complexity index is 1320. The van der Waals surface area contributed by atoms with Crippen LogP contribution in [-0.4, -0.2) is 0 Å². The van der Waals surface area contributed by atoms with Crippen molar-refractivity contribution in [2.45, 2.75) is 0 Å². The molecule has 0 atom stereocenters. The maximum absolute atomic E-state index is 9.02. The molecule has 5 aromatic carbocycles. The first-order valence-electron chi connectivity index (χ1n) is 8.62. The van der Waals surface area contributed by atoms with E-state index in [2.05, 4.69) is 79.4 Å². The third-order valence-electron chi connectivity index (χ3n) is 5.21. The van der Waals surface area contributed by atoms with E-state index in [0.717, 1.165) is 11.1 Å². The Morgan fingerprint density at radius 1 is 0.692 bits per heavy atom. The van der Waals surface area contributed by atoms with Gasteiger partial charge in [-0.2, -0.15) is 5.26 Å². The molecular formula is C25H15N. The fourth-order valence-electron chi connectivity index (χ4n) is 3.90. The molecule has 0 aromatic heterocycles. The molecule has 26 heavy (non-hydrogen) atoms. The van der Waals surface area contributed by atoms with E-state index in [4.69, 9.17) is 5.26 Å². The lowest BCUT2D eigenvalue weighted by atomic mass is 9.89. The normalized spacial score (nSPS) is 11.2. The van der Waals surface area contributed by atoms with Crippen LogP contribution in [0.1, 0.15) is 5.56 Å². The van der Waals surface area contributed by atoms with E-state index < -0.39 is 0 Å². The average molecular weight is 329 g/mol. The first kappa shape index (κ1) is 14.7. The molecule has 0 heterocycles. The molecule has 120 valence electrons. The van der Waals surface area contributed by atoms with E-state index in [1.165, 1.54) is 37.9 Å². The van der Waals surface area contributed by atoms with Gasteiger partial charge in [0.1, 0.15) is 0 Å². The molecule has 0 amide bonds. The molecule has 0 aliphatic heterocycles. The maximum atomic E-state index is 9.02. The summed E-state index contributed by atoms with van der Waals surface area (Å²) in [4.78, 5) is 0. The Labute approximate surface area is 151 Å². The van der Waals surface area contributed by atoms with Gasteiger partial charge in [-0.15, -0.1) is 0 Å². The molecule has 0 bridgehead atoms. The van der Waals surface area contributed by atoms with Crippen molar-refractivity contribution in [1.29, 1.82) is 5.26 Å².